The van der Waals surface area contributed by atoms with Gasteiger partial charge < -0.3 is 25.0 Å². The summed E-state index contributed by atoms with van der Waals surface area (Å²) in [4.78, 5) is 0. The van der Waals surface area contributed by atoms with Gasteiger partial charge in [0.2, 0.25) is 0 Å². The number of hydrogen-bond donors (Lipinski definition) is 3. The van der Waals surface area contributed by atoms with Crippen LogP contribution in [0.1, 0.15) is 26.7 Å². The summed E-state index contributed by atoms with van der Waals surface area (Å²) in [6.45, 7) is 6.98. The summed E-state index contributed by atoms with van der Waals surface area (Å²) >= 11 is 0. The number of aliphatic hydroxyl groups excluding tert-OH is 2. The number of ether oxygens (including phenoxy) is 2. The maximum Gasteiger partial charge on any atom is 0.0807 e. The summed E-state index contributed by atoms with van der Waals surface area (Å²) in [7, 11) is 0. The van der Waals surface area contributed by atoms with Gasteiger partial charge in [-0.2, -0.15) is 0 Å². The van der Waals surface area contributed by atoms with Crippen molar-refractivity contribution in [3.05, 3.63) is 0 Å². The molecule has 104 valence electrons. The molecular weight excluding hydrogens is 222 g/mol. The minimum atomic E-state index is -0.379. The largest absolute Gasteiger partial charge is 0.395 e. The molecule has 0 rings (SSSR count). The van der Waals surface area contributed by atoms with Crippen LogP contribution in [-0.4, -0.2) is 61.9 Å². The fourth-order valence-electron chi connectivity index (χ4n) is 1.21. The fraction of sp³-hybridized carbons (Fsp3) is 1.00. The van der Waals surface area contributed by atoms with Crippen molar-refractivity contribution in [2.24, 2.45) is 0 Å². The molecule has 0 aliphatic heterocycles. The van der Waals surface area contributed by atoms with Crippen molar-refractivity contribution in [3.63, 3.8) is 0 Å². The maximum absolute atomic E-state index is 9.37. The van der Waals surface area contributed by atoms with Gasteiger partial charge in [-0.3, -0.25) is 0 Å². The number of aliphatic hydroxyl groups is 2. The average Bonchev–Trinajstić information content (AvgIpc) is 2.36. The van der Waals surface area contributed by atoms with Gasteiger partial charge >= 0.3 is 0 Å². The highest BCUT2D eigenvalue weighted by Gasteiger charge is 2.09. The first kappa shape index (κ1) is 16.8. The molecule has 17 heavy (non-hydrogen) atoms. The van der Waals surface area contributed by atoms with Crippen LogP contribution in [0.25, 0.3) is 0 Å². The molecule has 0 saturated carbocycles. The second-order valence-electron chi connectivity index (χ2n) is 3.97. The molecule has 2 unspecified atom stereocenters. The normalized spacial score (nSPS) is 14.8. The van der Waals surface area contributed by atoms with Gasteiger partial charge in [0.1, 0.15) is 0 Å². The van der Waals surface area contributed by atoms with Crippen molar-refractivity contribution in [1.29, 1.82) is 0 Å². The van der Waals surface area contributed by atoms with Gasteiger partial charge in [-0.15, -0.1) is 0 Å². The molecule has 0 aliphatic carbocycles. The molecule has 0 aliphatic rings. The quantitative estimate of drug-likeness (QED) is 0.430. The Balaban J connectivity index is 3.41. The van der Waals surface area contributed by atoms with Crippen LogP contribution in [0.15, 0.2) is 0 Å². The van der Waals surface area contributed by atoms with Crippen molar-refractivity contribution in [2.75, 3.05) is 39.5 Å². The first-order valence-electron chi connectivity index (χ1n) is 6.43. The molecule has 2 atom stereocenters. The highest BCUT2D eigenvalue weighted by Crippen LogP contribution is 2.01. The van der Waals surface area contributed by atoms with Crippen LogP contribution in [0.4, 0.5) is 0 Å². The van der Waals surface area contributed by atoms with Crippen LogP contribution in [0, 0.1) is 0 Å². The predicted molar refractivity (Wildman–Crippen MR) is 67.1 cm³/mol. The highest BCUT2D eigenvalue weighted by molar-refractivity contribution is 4.57. The standard InChI is InChI=1S/C12H27NO4/c1-3-11(15)9-17-12(4-2)10-16-8-6-13-5-7-14/h11-15H,3-10H2,1-2H3. The second kappa shape index (κ2) is 12.3. The third-order valence-electron chi connectivity index (χ3n) is 2.47. The van der Waals surface area contributed by atoms with Gasteiger partial charge in [0.05, 0.1) is 38.6 Å². The lowest BCUT2D eigenvalue weighted by atomic mass is 10.2. The second-order valence-corrected chi connectivity index (χ2v) is 3.97. The smallest absolute Gasteiger partial charge is 0.0807 e. The number of hydrogen-bond acceptors (Lipinski definition) is 5. The summed E-state index contributed by atoms with van der Waals surface area (Å²) in [6, 6.07) is 0. The van der Waals surface area contributed by atoms with Crippen LogP contribution in [0.3, 0.4) is 0 Å². The highest BCUT2D eigenvalue weighted by atomic mass is 16.5. The average molecular weight is 249 g/mol. The molecule has 5 nitrogen and oxygen atoms in total. The summed E-state index contributed by atoms with van der Waals surface area (Å²) < 4.78 is 11.0. The zero-order valence-corrected chi connectivity index (χ0v) is 11.0. The van der Waals surface area contributed by atoms with Gasteiger partial charge in [-0.25, -0.2) is 0 Å². The van der Waals surface area contributed by atoms with Gasteiger partial charge in [-0.1, -0.05) is 13.8 Å². The van der Waals surface area contributed by atoms with E-state index in [-0.39, 0.29) is 18.8 Å². The van der Waals surface area contributed by atoms with E-state index in [1.807, 2.05) is 13.8 Å². The Morgan fingerprint density at radius 3 is 2.47 bits per heavy atom. The Bertz CT molecular complexity index is 157. The lowest BCUT2D eigenvalue weighted by molar-refractivity contribution is -0.0498. The topological polar surface area (TPSA) is 71.0 Å². The Hall–Kier alpha value is -0.200. The van der Waals surface area contributed by atoms with Crippen molar-refractivity contribution in [3.8, 4) is 0 Å². The van der Waals surface area contributed by atoms with Crippen molar-refractivity contribution >= 4 is 0 Å². The Morgan fingerprint density at radius 1 is 1.12 bits per heavy atom. The van der Waals surface area contributed by atoms with Crippen molar-refractivity contribution in [1.82, 2.24) is 5.32 Å². The van der Waals surface area contributed by atoms with Crippen LogP contribution >= 0.6 is 0 Å². The van der Waals surface area contributed by atoms with Gasteiger partial charge in [0.25, 0.3) is 0 Å². The molecule has 0 aromatic heterocycles. The minimum Gasteiger partial charge on any atom is -0.395 e. The van der Waals surface area contributed by atoms with E-state index in [1.54, 1.807) is 0 Å². The van der Waals surface area contributed by atoms with E-state index in [0.717, 1.165) is 13.0 Å². The molecule has 0 aromatic carbocycles. The molecule has 0 fully saturated rings. The SMILES string of the molecule is CCC(O)COC(CC)COCCNCCO. The minimum absolute atomic E-state index is 0.0500. The van der Waals surface area contributed by atoms with Crippen LogP contribution in [0.2, 0.25) is 0 Å². The summed E-state index contributed by atoms with van der Waals surface area (Å²) in [5, 5.41) is 20.9. The van der Waals surface area contributed by atoms with E-state index in [1.165, 1.54) is 0 Å². The molecule has 3 N–H and O–H groups in total. The van der Waals surface area contributed by atoms with Crippen LogP contribution in [0.5, 0.6) is 0 Å². The van der Waals surface area contributed by atoms with Gasteiger partial charge in [-0.05, 0) is 12.8 Å². The lowest BCUT2D eigenvalue weighted by Gasteiger charge is -2.18. The third-order valence-corrected chi connectivity index (χ3v) is 2.47. The number of nitrogens with one attached hydrogen (secondary N) is 1. The molecule has 0 saturated heterocycles. The van der Waals surface area contributed by atoms with Gasteiger partial charge in [0, 0.05) is 13.1 Å². The van der Waals surface area contributed by atoms with Crippen LogP contribution in [-0.2, 0) is 9.47 Å². The van der Waals surface area contributed by atoms with Crippen molar-refractivity contribution in [2.45, 2.75) is 38.9 Å². The molecule has 0 bridgehead atoms. The summed E-state index contributed by atoms with van der Waals surface area (Å²) in [5.41, 5.74) is 0. The van der Waals surface area contributed by atoms with E-state index in [4.69, 9.17) is 14.6 Å². The van der Waals surface area contributed by atoms with E-state index >= 15 is 0 Å². The summed E-state index contributed by atoms with van der Waals surface area (Å²) in [5.74, 6) is 0. The Labute approximate surface area is 104 Å². The molecule has 0 amide bonds. The molecule has 0 aromatic rings. The van der Waals surface area contributed by atoms with Crippen LogP contribution < -0.4 is 5.32 Å². The van der Waals surface area contributed by atoms with Crippen molar-refractivity contribution < 1.29 is 19.7 Å². The number of rotatable bonds is 12. The zero-order chi connectivity index (χ0) is 12.9. The predicted octanol–water partition coefficient (Wildman–Crippen LogP) is 0.151. The molecule has 0 heterocycles. The maximum atomic E-state index is 9.37. The van der Waals surface area contributed by atoms with E-state index in [2.05, 4.69) is 5.32 Å². The zero-order valence-electron chi connectivity index (χ0n) is 11.0. The fourth-order valence-corrected chi connectivity index (χ4v) is 1.21. The molecular formula is C12H27NO4. The van der Waals surface area contributed by atoms with E-state index in [9.17, 15) is 5.11 Å². The molecule has 0 radical (unpaired) electrons. The Morgan fingerprint density at radius 2 is 1.88 bits per heavy atom. The first-order chi connectivity index (χ1) is 8.24. The third kappa shape index (κ3) is 10.7. The lowest BCUT2D eigenvalue weighted by Crippen LogP contribution is -2.27. The first-order valence-corrected chi connectivity index (χ1v) is 6.43. The monoisotopic (exact) mass is 249 g/mol. The summed E-state index contributed by atoms with van der Waals surface area (Å²) in [6.07, 6.45) is 1.26. The van der Waals surface area contributed by atoms with E-state index < -0.39 is 0 Å². The molecule has 0 spiro atoms. The Kier molecular flexibility index (Phi) is 12.1. The molecule has 5 heteroatoms. The van der Waals surface area contributed by atoms with Gasteiger partial charge in [0.15, 0.2) is 0 Å². The van der Waals surface area contributed by atoms with E-state index in [0.29, 0.717) is 32.8 Å².